The lowest BCUT2D eigenvalue weighted by molar-refractivity contribution is 0.260. The molecule has 2 aliphatic rings. The van der Waals surface area contributed by atoms with Crippen molar-refractivity contribution in [1.82, 2.24) is 8.61 Å². The van der Waals surface area contributed by atoms with Gasteiger partial charge in [-0.1, -0.05) is 6.92 Å². The van der Waals surface area contributed by atoms with Crippen molar-refractivity contribution in [3.63, 3.8) is 0 Å². The quantitative estimate of drug-likeness (QED) is 0.799. The molecule has 2 fully saturated rings. The summed E-state index contributed by atoms with van der Waals surface area (Å²) in [6.45, 7) is 4.58. The molecular formula is C11H23N3O2S. The third kappa shape index (κ3) is 2.65. The van der Waals surface area contributed by atoms with E-state index >= 15 is 0 Å². The zero-order chi connectivity index (χ0) is 12.5. The van der Waals surface area contributed by atoms with Gasteiger partial charge in [0.2, 0.25) is 0 Å². The number of nitrogens with zero attached hydrogens (tertiary/aromatic N) is 2. The highest BCUT2D eigenvalue weighted by atomic mass is 32.2. The maximum Gasteiger partial charge on any atom is 0.282 e. The fraction of sp³-hybridized carbons (Fsp3) is 1.00. The van der Waals surface area contributed by atoms with Crippen LogP contribution in [-0.2, 0) is 10.2 Å². The van der Waals surface area contributed by atoms with Gasteiger partial charge in [0.1, 0.15) is 0 Å². The summed E-state index contributed by atoms with van der Waals surface area (Å²) in [5, 5.41) is 0. The Balaban J connectivity index is 2.07. The minimum absolute atomic E-state index is 0.0133. The van der Waals surface area contributed by atoms with Gasteiger partial charge in [-0.2, -0.15) is 17.0 Å². The maximum absolute atomic E-state index is 12.5. The number of nitrogens with two attached hydrogens (primary N) is 1. The molecule has 1 unspecified atom stereocenters. The molecule has 0 amide bonds. The number of hydrogen-bond donors (Lipinski definition) is 1. The summed E-state index contributed by atoms with van der Waals surface area (Å²) in [6, 6.07) is 0.0133. The molecule has 0 radical (unpaired) electrons. The van der Waals surface area contributed by atoms with Gasteiger partial charge in [0.05, 0.1) is 0 Å². The summed E-state index contributed by atoms with van der Waals surface area (Å²) >= 11 is 0. The summed E-state index contributed by atoms with van der Waals surface area (Å²) in [6.07, 6.45) is 3.78. The molecule has 2 N–H and O–H groups in total. The van der Waals surface area contributed by atoms with Crippen LogP contribution in [0, 0.1) is 5.92 Å². The predicted molar refractivity (Wildman–Crippen MR) is 67.7 cm³/mol. The standard InChI is InChI=1S/C11H23N3O2S/c1-10-4-7-13(8-5-10)17(15,16)14-6-2-3-11(14)9-12/h10-11H,2-9,12H2,1H3. The first-order chi connectivity index (χ1) is 8.05. The van der Waals surface area contributed by atoms with E-state index in [0.29, 0.717) is 32.1 Å². The van der Waals surface area contributed by atoms with Crippen LogP contribution in [0.2, 0.25) is 0 Å². The lowest BCUT2D eigenvalue weighted by Crippen LogP contribution is -2.50. The first-order valence-electron chi connectivity index (χ1n) is 6.52. The fourth-order valence-electron chi connectivity index (χ4n) is 2.71. The Morgan fingerprint density at radius 2 is 1.82 bits per heavy atom. The second-order valence-corrected chi connectivity index (χ2v) is 7.11. The number of hydrogen-bond acceptors (Lipinski definition) is 3. The van der Waals surface area contributed by atoms with Crippen molar-refractivity contribution in [3.05, 3.63) is 0 Å². The monoisotopic (exact) mass is 261 g/mol. The minimum atomic E-state index is -3.26. The average Bonchev–Trinajstić information content (AvgIpc) is 2.78. The van der Waals surface area contributed by atoms with Gasteiger partial charge in [-0.3, -0.25) is 0 Å². The third-order valence-corrected chi connectivity index (χ3v) is 6.05. The molecule has 100 valence electrons. The van der Waals surface area contributed by atoms with Gasteiger partial charge in [0, 0.05) is 32.2 Å². The molecule has 0 aromatic heterocycles. The first-order valence-corrected chi connectivity index (χ1v) is 7.92. The molecule has 2 heterocycles. The van der Waals surface area contributed by atoms with E-state index in [4.69, 9.17) is 5.73 Å². The molecule has 0 aromatic rings. The topological polar surface area (TPSA) is 66.6 Å². The summed E-state index contributed by atoms with van der Waals surface area (Å²) in [5.74, 6) is 0.644. The van der Waals surface area contributed by atoms with Gasteiger partial charge in [-0.25, -0.2) is 0 Å². The molecule has 0 bridgehead atoms. The Bertz CT molecular complexity index is 350. The highest BCUT2D eigenvalue weighted by Crippen LogP contribution is 2.26. The van der Waals surface area contributed by atoms with Crippen molar-refractivity contribution in [3.8, 4) is 0 Å². The molecule has 1 atom stereocenters. The first kappa shape index (κ1) is 13.3. The van der Waals surface area contributed by atoms with Gasteiger partial charge in [-0.05, 0) is 31.6 Å². The fourth-order valence-corrected chi connectivity index (χ4v) is 4.61. The van der Waals surface area contributed by atoms with Crippen LogP contribution in [0.4, 0.5) is 0 Å². The zero-order valence-corrected chi connectivity index (χ0v) is 11.3. The van der Waals surface area contributed by atoms with E-state index in [9.17, 15) is 8.42 Å². The van der Waals surface area contributed by atoms with E-state index in [0.717, 1.165) is 25.7 Å². The molecule has 0 saturated carbocycles. The van der Waals surface area contributed by atoms with Gasteiger partial charge in [0.15, 0.2) is 0 Å². The Morgan fingerprint density at radius 3 is 2.41 bits per heavy atom. The van der Waals surface area contributed by atoms with E-state index in [-0.39, 0.29) is 6.04 Å². The van der Waals surface area contributed by atoms with Crippen molar-refractivity contribution in [1.29, 1.82) is 0 Å². The lowest BCUT2D eigenvalue weighted by Gasteiger charge is -2.34. The van der Waals surface area contributed by atoms with Gasteiger partial charge in [-0.15, -0.1) is 0 Å². The Labute approximate surface area is 104 Å². The van der Waals surface area contributed by atoms with Crippen LogP contribution in [0.5, 0.6) is 0 Å². The van der Waals surface area contributed by atoms with Crippen molar-refractivity contribution in [2.45, 2.75) is 38.6 Å². The average molecular weight is 261 g/mol. The van der Waals surface area contributed by atoms with Crippen LogP contribution in [0.3, 0.4) is 0 Å². The van der Waals surface area contributed by atoms with Crippen LogP contribution in [0.15, 0.2) is 0 Å². The van der Waals surface area contributed by atoms with Crippen LogP contribution < -0.4 is 5.73 Å². The van der Waals surface area contributed by atoms with Crippen LogP contribution in [-0.4, -0.2) is 49.2 Å². The number of rotatable bonds is 3. The summed E-state index contributed by atoms with van der Waals surface area (Å²) in [4.78, 5) is 0. The summed E-state index contributed by atoms with van der Waals surface area (Å²) < 4.78 is 28.2. The Morgan fingerprint density at radius 1 is 1.18 bits per heavy atom. The van der Waals surface area contributed by atoms with E-state index in [1.54, 1.807) is 8.61 Å². The summed E-state index contributed by atoms with van der Waals surface area (Å²) in [7, 11) is -3.26. The van der Waals surface area contributed by atoms with Crippen molar-refractivity contribution in [2.75, 3.05) is 26.2 Å². The Hall–Kier alpha value is -0.170. The predicted octanol–water partition coefficient (Wildman–Crippen LogP) is 0.386. The van der Waals surface area contributed by atoms with Crippen molar-refractivity contribution in [2.24, 2.45) is 11.7 Å². The second-order valence-electron chi connectivity index (χ2n) is 5.23. The molecule has 6 heteroatoms. The molecule has 0 spiro atoms. The molecule has 2 saturated heterocycles. The van der Waals surface area contributed by atoms with E-state index < -0.39 is 10.2 Å². The van der Waals surface area contributed by atoms with E-state index in [2.05, 4.69) is 6.92 Å². The van der Waals surface area contributed by atoms with Crippen LogP contribution >= 0.6 is 0 Å². The number of piperidine rings is 1. The van der Waals surface area contributed by atoms with Gasteiger partial charge < -0.3 is 5.73 Å². The molecular weight excluding hydrogens is 238 g/mol. The largest absolute Gasteiger partial charge is 0.329 e. The zero-order valence-electron chi connectivity index (χ0n) is 10.5. The van der Waals surface area contributed by atoms with Crippen molar-refractivity contribution < 1.29 is 8.42 Å². The van der Waals surface area contributed by atoms with Crippen LogP contribution in [0.1, 0.15) is 32.6 Å². The molecule has 0 aliphatic carbocycles. The lowest BCUT2D eigenvalue weighted by atomic mass is 10.0. The Kier molecular flexibility index (Phi) is 4.07. The smallest absolute Gasteiger partial charge is 0.282 e. The van der Waals surface area contributed by atoms with Gasteiger partial charge >= 0.3 is 0 Å². The van der Waals surface area contributed by atoms with Crippen LogP contribution in [0.25, 0.3) is 0 Å². The SMILES string of the molecule is CC1CCN(S(=O)(=O)N2CCCC2CN)CC1. The molecule has 2 aliphatic heterocycles. The van der Waals surface area contributed by atoms with E-state index in [1.165, 1.54) is 0 Å². The molecule has 2 rings (SSSR count). The highest BCUT2D eigenvalue weighted by molar-refractivity contribution is 7.86. The maximum atomic E-state index is 12.5. The normalized spacial score (nSPS) is 29.9. The summed E-state index contributed by atoms with van der Waals surface area (Å²) in [5.41, 5.74) is 5.65. The molecule has 0 aromatic carbocycles. The minimum Gasteiger partial charge on any atom is -0.329 e. The second kappa shape index (κ2) is 5.22. The van der Waals surface area contributed by atoms with Gasteiger partial charge in [0.25, 0.3) is 10.2 Å². The van der Waals surface area contributed by atoms with E-state index in [1.807, 2.05) is 0 Å². The molecule has 17 heavy (non-hydrogen) atoms. The third-order valence-electron chi connectivity index (χ3n) is 3.96. The highest BCUT2D eigenvalue weighted by Gasteiger charge is 2.38. The van der Waals surface area contributed by atoms with Crippen molar-refractivity contribution >= 4 is 10.2 Å². The molecule has 5 nitrogen and oxygen atoms in total.